The van der Waals surface area contributed by atoms with Crippen LogP contribution in [-0.2, 0) is 22.3 Å². The zero-order chi connectivity index (χ0) is 20.3. The molecule has 9 heteroatoms. The van der Waals surface area contributed by atoms with Gasteiger partial charge in [-0.1, -0.05) is 12.1 Å². The second-order valence-corrected chi connectivity index (χ2v) is 6.43. The SMILES string of the molecule is COCc1cc([N+](=O)[O-])ccc1N1CCOC(c2ccc(C(F)(F)F)cc2)C1. The Morgan fingerprint density at radius 1 is 1.25 bits per heavy atom. The summed E-state index contributed by atoms with van der Waals surface area (Å²) in [6.45, 7) is 1.57. The fraction of sp³-hybridized carbons (Fsp3) is 0.368. The van der Waals surface area contributed by atoms with Crippen LogP contribution in [0.1, 0.15) is 22.8 Å². The first-order valence-corrected chi connectivity index (χ1v) is 8.59. The highest BCUT2D eigenvalue weighted by atomic mass is 19.4. The number of hydrogen-bond donors (Lipinski definition) is 0. The van der Waals surface area contributed by atoms with Crippen molar-refractivity contribution in [1.82, 2.24) is 0 Å². The number of halogens is 3. The maximum Gasteiger partial charge on any atom is 0.416 e. The molecule has 1 saturated heterocycles. The van der Waals surface area contributed by atoms with Crippen LogP contribution in [0.15, 0.2) is 42.5 Å². The number of morpholine rings is 1. The normalized spacial score (nSPS) is 17.6. The number of nitro groups is 1. The van der Waals surface area contributed by atoms with E-state index in [0.717, 1.165) is 17.8 Å². The van der Waals surface area contributed by atoms with Gasteiger partial charge in [0, 0.05) is 43.6 Å². The van der Waals surface area contributed by atoms with Gasteiger partial charge in [-0.05, 0) is 23.8 Å². The summed E-state index contributed by atoms with van der Waals surface area (Å²) in [5.41, 5.74) is 1.37. The number of rotatable bonds is 5. The molecule has 3 rings (SSSR count). The summed E-state index contributed by atoms with van der Waals surface area (Å²) >= 11 is 0. The minimum Gasteiger partial charge on any atom is -0.380 e. The molecule has 2 aromatic rings. The monoisotopic (exact) mass is 396 g/mol. The van der Waals surface area contributed by atoms with E-state index in [9.17, 15) is 23.3 Å². The molecule has 0 amide bonds. The molecule has 0 saturated carbocycles. The molecule has 1 fully saturated rings. The van der Waals surface area contributed by atoms with Gasteiger partial charge in [-0.3, -0.25) is 10.1 Å². The number of ether oxygens (including phenoxy) is 2. The van der Waals surface area contributed by atoms with Crippen molar-refractivity contribution in [3.8, 4) is 0 Å². The van der Waals surface area contributed by atoms with Crippen molar-refractivity contribution in [2.24, 2.45) is 0 Å². The lowest BCUT2D eigenvalue weighted by molar-refractivity contribution is -0.384. The third kappa shape index (κ3) is 4.42. The predicted molar refractivity (Wildman–Crippen MR) is 96.2 cm³/mol. The molecule has 150 valence electrons. The van der Waals surface area contributed by atoms with Crippen LogP contribution in [-0.4, -0.2) is 31.7 Å². The van der Waals surface area contributed by atoms with E-state index in [1.807, 2.05) is 4.90 Å². The Hall–Kier alpha value is -2.65. The Bertz CT molecular complexity index is 840. The Balaban J connectivity index is 1.82. The molecule has 0 aliphatic carbocycles. The van der Waals surface area contributed by atoms with Crippen LogP contribution in [0.25, 0.3) is 0 Å². The van der Waals surface area contributed by atoms with E-state index in [0.29, 0.717) is 30.8 Å². The van der Waals surface area contributed by atoms with Crippen LogP contribution in [0.4, 0.5) is 24.5 Å². The standard InChI is InChI=1S/C19H19F3N2O4/c1-27-12-14-10-16(24(25)26)6-7-17(14)23-8-9-28-18(11-23)13-2-4-15(5-3-13)19(20,21)22/h2-7,10,18H,8-9,11-12H2,1H3. The van der Waals surface area contributed by atoms with Gasteiger partial charge in [0.05, 0.1) is 23.7 Å². The molecule has 6 nitrogen and oxygen atoms in total. The number of anilines is 1. The largest absolute Gasteiger partial charge is 0.416 e. The zero-order valence-corrected chi connectivity index (χ0v) is 15.1. The second kappa shape index (κ2) is 8.15. The second-order valence-electron chi connectivity index (χ2n) is 6.43. The molecule has 0 aromatic heterocycles. The fourth-order valence-corrected chi connectivity index (χ4v) is 3.22. The first-order valence-electron chi connectivity index (χ1n) is 8.59. The lowest BCUT2D eigenvalue weighted by Crippen LogP contribution is -2.39. The molecule has 1 aliphatic heterocycles. The van der Waals surface area contributed by atoms with Crippen LogP contribution in [0.2, 0.25) is 0 Å². The molecule has 1 unspecified atom stereocenters. The summed E-state index contributed by atoms with van der Waals surface area (Å²) in [7, 11) is 1.51. The van der Waals surface area contributed by atoms with Crippen molar-refractivity contribution in [1.29, 1.82) is 0 Å². The van der Waals surface area contributed by atoms with Crippen LogP contribution in [0, 0.1) is 10.1 Å². The molecule has 0 spiro atoms. The highest BCUT2D eigenvalue weighted by molar-refractivity contribution is 5.58. The molecule has 0 radical (unpaired) electrons. The molecule has 1 heterocycles. The number of alkyl halides is 3. The van der Waals surface area contributed by atoms with E-state index in [2.05, 4.69) is 0 Å². The van der Waals surface area contributed by atoms with Crippen molar-refractivity contribution in [3.05, 3.63) is 69.3 Å². The molecule has 1 aliphatic rings. The Morgan fingerprint density at radius 2 is 1.96 bits per heavy atom. The predicted octanol–water partition coefficient (Wildman–Crippen LogP) is 4.34. The molecule has 0 bridgehead atoms. The van der Waals surface area contributed by atoms with Crippen LogP contribution in [0.3, 0.4) is 0 Å². The summed E-state index contributed by atoms with van der Waals surface area (Å²) in [4.78, 5) is 12.6. The summed E-state index contributed by atoms with van der Waals surface area (Å²) in [6.07, 6.45) is -4.78. The van der Waals surface area contributed by atoms with Gasteiger partial charge in [0.15, 0.2) is 0 Å². The topological polar surface area (TPSA) is 64.8 Å². The van der Waals surface area contributed by atoms with Crippen LogP contribution in [0.5, 0.6) is 0 Å². The van der Waals surface area contributed by atoms with Gasteiger partial charge in [0.25, 0.3) is 5.69 Å². The average molecular weight is 396 g/mol. The van der Waals surface area contributed by atoms with Crippen LogP contribution < -0.4 is 4.90 Å². The smallest absolute Gasteiger partial charge is 0.380 e. The van der Waals surface area contributed by atoms with Crippen molar-refractivity contribution < 1.29 is 27.6 Å². The number of non-ortho nitro benzene ring substituents is 1. The fourth-order valence-electron chi connectivity index (χ4n) is 3.22. The van der Waals surface area contributed by atoms with Crippen molar-refractivity contribution >= 4 is 11.4 Å². The summed E-state index contributed by atoms with van der Waals surface area (Å²) in [6, 6.07) is 9.49. The molecule has 0 N–H and O–H groups in total. The third-order valence-electron chi connectivity index (χ3n) is 4.59. The molecular weight excluding hydrogens is 377 g/mol. The van der Waals surface area contributed by atoms with E-state index in [4.69, 9.17) is 9.47 Å². The van der Waals surface area contributed by atoms with Crippen molar-refractivity contribution in [2.75, 3.05) is 31.7 Å². The minimum absolute atomic E-state index is 0.0247. The maximum absolute atomic E-state index is 12.8. The van der Waals surface area contributed by atoms with E-state index in [1.54, 1.807) is 6.07 Å². The Morgan fingerprint density at radius 3 is 2.57 bits per heavy atom. The van der Waals surface area contributed by atoms with Crippen molar-refractivity contribution in [3.63, 3.8) is 0 Å². The van der Waals surface area contributed by atoms with Gasteiger partial charge in [0.1, 0.15) is 6.10 Å². The first-order chi connectivity index (χ1) is 13.3. The quantitative estimate of drug-likeness (QED) is 0.556. The number of nitrogens with zero attached hydrogens (tertiary/aromatic N) is 2. The average Bonchev–Trinajstić information content (AvgIpc) is 2.68. The van der Waals surface area contributed by atoms with Crippen LogP contribution >= 0.6 is 0 Å². The van der Waals surface area contributed by atoms with E-state index in [-0.39, 0.29) is 12.3 Å². The van der Waals surface area contributed by atoms with E-state index in [1.165, 1.54) is 31.4 Å². The zero-order valence-electron chi connectivity index (χ0n) is 15.1. The molecular formula is C19H19F3N2O4. The summed E-state index contributed by atoms with van der Waals surface area (Å²) in [5.74, 6) is 0. The Labute approximate surface area is 159 Å². The van der Waals surface area contributed by atoms with Gasteiger partial charge in [-0.2, -0.15) is 13.2 Å². The summed E-state index contributed by atoms with van der Waals surface area (Å²) < 4.78 is 49.2. The first kappa shape index (κ1) is 20.1. The van der Waals surface area contributed by atoms with Gasteiger partial charge in [0.2, 0.25) is 0 Å². The highest BCUT2D eigenvalue weighted by Gasteiger charge is 2.31. The lowest BCUT2D eigenvalue weighted by atomic mass is 10.0. The number of hydrogen-bond acceptors (Lipinski definition) is 5. The van der Waals surface area contributed by atoms with E-state index < -0.39 is 22.8 Å². The lowest BCUT2D eigenvalue weighted by Gasteiger charge is -2.35. The van der Waals surface area contributed by atoms with Gasteiger partial charge >= 0.3 is 6.18 Å². The number of nitro benzene ring substituents is 1. The third-order valence-corrected chi connectivity index (χ3v) is 4.59. The van der Waals surface area contributed by atoms with E-state index >= 15 is 0 Å². The summed E-state index contributed by atoms with van der Waals surface area (Å²) in [5, 5.41) is 11.0. The molecule has 28 heavy (non-hydrogen) atoms. The maximum atomic E-state index is 12.8. The minimum atomic E-state index is -4.38. The highest BCUT2D eigenvalue weighted by Crippen LogP contribution is 2.33. The van der Waals surface area contributed by atoms with Crippen molar-refractivity contribution in [2.45, 2.75) is 18.9 Å². The molecule has 2 aromatic carbocycles. The number of benzene rings is 2. The Kier molecular flexibility index (Phi) is 5.85. The molecule has 1 atom stereocenters. The van der Waals surface area contributed by atoms with Gasteiger partial charge < -0.3 is 14.4 Å². The van der Waals surface area contributed by atoms with Gasteiger partial charge in [-0.15, -0.1) is 0 Å². The van der Waals surface area contributed by atoms with Gasteiger partial charge in [-0.25, -0.2) is 0 Å². The number of methoxy groups -OCH3 is 1.